The van der Waals surface area contributed by atoms with Gasteiger partial charge in [0.05, 0.1) is 11.4 Å². The molecule has 1 aliphatic rings. The molecule has 3 nitrogen and oxygen atoms in total. The minimum Gasteiger partial charge on any atom is -0.337 e. The lowest BCUT2D eigenvalue weighted by Gasteiger charge is -2.29. The molecule has 3 rings (SSSR count). The number of nitrogens with zero attached hydrogens (tertiary/aromatic N) is 2. The molecule has 0 radical (unpaired) electrons. The van der Waals surface area contributed by atoms with Crippen molar-refractivity contribution in [3.63, 3.8) is 0 Å². The first kappa shape index (κ1) is 12.1. The predicted octanol–water partition coefficient (Wildman–Crippen LogP) is 3.48. The minimum absolute atomic E-state index is 0.594. The van der Waals surface area contributed by atoms with Crippen LogP contribution in [0.25, 0.3) is 0 Å². The Labute approximate surface area is 114 Å². The van der Waals surface area contributed by atoms with E-state index in [1.165, 1.54) is 11.1 Å². The average Bonchev–Trinajstić information content (AvgIpc) is 2.90. The molecule has 0 bridgehead atoms. The fraction of sp³-hybridized carbons (Fsp3) is 0.250. The Hall–Kier alpha value is -2.00. The third-order valence-corrected chi connectivity index (χ3v) is 3.38. The molecule has 2 aromatic rings. The highest BCUT2D eigenvalue weighted by Gasteiger charge is 2.23. The molecule has 1 heterocycles. The zero-order chi connectivity index (χ0) is 13.2. The summed E-state index contributed by atoms with van der Waals surface area (Å²) in [4.78, 5) is 0. The number of rotatable bonds is 2. The molecule has 19 heavy (non-hydrogen) atoms. The number of hydrazine groups is 1. The molecule has 1 fully saturated rings. The molecule has 0 spiro atoms. The van der Waals surface area contributed by atoms with Gasteiger partial charge in [0.1, 0.15) is 13.5 Å². The standard InChI is InChI=1S/C16H18N2O/c1-13-3-7-15(8-4-13)17-11-19-12-18(17)16-9-5-14(2)6-10-16/h3-10H,11-12H2,1-2H3. The summed E-state index contributed by atoms with van der Waals surface area (Å²) < 4.78 is 5.59. The van der Waals surface area contributed by atoms with E-state index < -0.39 is 0 Å². The summed E-state index contributed by atoms with van der Waals surface area (Å²) in [6, 6.07) is 17.0. The molecule has 2 aromatic carbocycles. The zero-order valence-electron chi connectivity index (χ0n) is 11.3. The van der Waals surface area contributed by atoms with E-state index in [2.05, 4.69) is 72.4 Å². The van der Waals surface area contributed by atoms with E-state index in [0.717, 1.165) is 11.4 Å². The number of anilines is 2. The number of benzene rings is 2. The highest BCUT2D eigenvalue weighted by Crippen LogP contribution is 2.26. The highest BCUT2D eigenvalue weighted by molar-refractivity contribution is 5.58. The van der Waals surface area contributed by atoms with E-state index in [-0.39, 0.29) is 0 Å². The van der Waals surface area contributed by atoms with Gasteiger partial charge in [-0.2, -0.15) is 0 Å². The van der Waals surface area contributed by atoms with Gasteiger partial charge in [-0.15, -0.1) is 0 Å². The number of ether oxygens (including phenoxy) is 1. The van der Waals surface area contributed by atoms with Crippen LogP contribution in [0.5, 0.6) is 0 Å². The topological polar surface area (TPSA) is 15.7 Å². The van der Waals surface area contributed by atoms with E-state index in [1.54, 1.807) is 0 Å². The highest BCUT2D eigenvalue weighted by atomic mass is 16.5. The quantitative estimate of drug-likeness (QED) is 0.816. The van der Waals surface area contributed by atoms with Crippen LogP contribution in [-0.4, -0.2) is 13.5 Å². The van der Waals surface area contributed by atoms with Gasteiger partial charge in [-0.25, -0.2) is 0 Å². The van der Waals surface area contributed by atoms with E-state index >= 15 is 0 Å². The molecule has 0 unspecified atom stereocenters. The first-order valence-electron chi connectivity index (χ1n) is 6.50. The van der Waals surface area contributed by atoms with Crippen molar-refractivity contribution in [3.05, 3.63) is 59.7 Å². The molecule has 0 aromatic heterocycles. The molecule has 98 valence electrons. The summed E-state index contributed by atoms with van der Waals surface area (Å²) in [7, 11) is 0. The molecule has 0 atom stereocenters. The lowest BCUT2D eigenvalue weighted by Crippen LogP contribution is -2.36. The van der Waals surface area contributed by atoms with Gasteiger partial charge in [-0.3, -0.25) is 10.0 Å². The van der Waals surface area contributed by atoms with Crippen LogP contribution >= 0.6 is 0 Å². The van der Waals surface area contributed by atoms with Gasteiger partial charge < -0.3 is 4.74 Å². The van der Waals surface area contributed by atoms with Crippen LogP contribution in [0.1, 0.15) is 11.1 Å². The van der Waals surface area contributed by atoms with Crippen molar-refractivity contribution in [3.8, 4) is 0 Å². The molecular weight excluding hydrogens is 236 g/mol. The van der Waals surface area contributed by atoms with Crippen molar-refractivity contribution in [2.75, 3.05) is 23.5 Å². The monoisotopic (exact) mass is 254 g/mol. The summed E-state index contributed by atoms with van der Waals surface area (Å²) in [6.45, 7) is 5.39. The lowest BCUT2D eigenvalue weighted by atomic mass is 10.2. The van der Waals surface area contributed by atoms with E-state index in [0.29, 0.717) is 13.5 Å². The summed E-state index contributed by atoms with van der Waals surface area (Å²) >= 11 is 0. The molecule has 0 N–H and O–H groups in total. The fourth-order valence-electron chi connectivity index (χ4n) is 2.21. The summed E-state index contributed by atoms with van der Waals surface area (Å²) in [5.41, 5.74) is 4.85. The summed E-state index contributed by atoms with van der Waals surface area (Å²) in [5, 5.41) is 4.31. The van der Waals surface area contributed by atoms with Crippen molar-refractivity contribution >= 4 is 11.4 Å². The molecule has 0 saturated carbocycles. The second-order valence-electron chi connectivity index (χ2n) is 4.93. The Balaban J connectivity index is 1.89. The zero-order valence-corrected chi connectivity index (χ0v) is 11.3. The van der Waals surface area contributed by atoms with Crippen LogP contribution in [0.15, 0.2) is 48.5 Å². The normalized spacial score (nSPS) is 15.1. The maximum absolute atomic E-state index is 5.59. The molecule has 1 saturated heterocycles. The van der Waals surface area contributed by atoms with Gasteiger partial charge in [0.25, 0.3) is 0 Å². The molecule has 3 heteroatoms. The van der Waals surface area contributed by atoms with Crippen LogP contribution < -0.4 is 10.0 Å². The van der Waals surface area contributed by atoms with Crippen LogP contribution in [0.4, 0.5) is 11.4 Å². The number of hydrogen-bond donors (Lipinski definition) is 0. The van der Waals surface area contributed by atoms with Crippen molar-refractivity contribution in [1.82, 2.24) is 0 Å². The van der Waals surface area contributed by atoms with Crippen molar-refractivity contribution in [2.24, 2.45) is 0 Å². The summed E-state index contributed by atoms with van der Waals surface area (Å²) in [5.74, 6) is 0. The van der Waals surface area contributed by atoms with Gasteiger partial charge in [-0.1, -0.05) is 35.4 Å². The lowest BCUT2D eigenvalue weighted by molar-refractivity contribution is 0.198. The van der Waals surface area contributed by atoms with Crippen molar-refractivity contribution < 1.29 is 4.74 Å². The van der Waals surface area contributed by atoms with Gasteiger partial charge in [0.15, 0.2) is 0 Å². The van der Waals surface area contributed by atoms with Crippen LogP contribution in [-0.2, 0) is 4.74 Å². The van der Waals surface area contributed by atoms with E-state index in [4.69, 9.17) is 4.74 Å². The fourth-order valence-corrected chi connectivity index (χ4v) is 2.21. The molecule has 1 aliphatic heterocycles. The number of aryl methyl sites for hydroxylation is 2. The SMILES string of the molecule is Cc1ccc(N2COCN2c2ccc(C)cc2)cc1. The largest absolute Gasteiger partial charge is 0.337 e. The Bertz CT molecular complexity index is 496. The Kier molecular flexibility index (Phi) is 3.13. The Morgan fingerprint density at radius 3 is 1.42 bits per heavy atom. The first-order chi connectivity index (χ1) is 9.24. The molecule has 0 aliphatic carbocycles. The third kappa shape index (κ3) is 2.42. The maximum Gasteiger partial charge on any atom is 0.140 e. The Morgan fingerprint density at radius 1 is 0.684 bits per heavy atom. The minimum atomic E-state index is 0.594. The van der Waals surface area contributed by atoms with Gasteiger partial charge >= 0.3 is 0 Å². The van der Waals surface area contributed by atoms with Crippen LogP contribution in [0.2, 0.25) is 0 Å². The van der Waals surface area contributed by atoms with Gasteiger partial charge in [0, 0.05) is 0 Å². The predicted molar refractivity (Wildman–Crippen MR) is 78.1 cm³/mol. The smallest absolute Gasteiger partial charge is 0.140 e. The van der Waals surface area contributed by atoms with Crippen LogP contribution in [0, 0.1) is 13.8 Å². The van der Waals surface area contributed by atoms with Crippen LogP contribution in [0.3, 0.4) is 0 Å². The number of hydrogen-bond acceptors (Lipinski definition) is 3. The van der Waals surface area contributed by atoms with Gasteiger partial charge in [0.2, 0.25) is 0 Å². The second kappa shape index (κ2) is 4.94. The average molecular weight is 254 g/mol. The van der Waals surface area contributed by atoms with Crippen molar-refractivity contribution in [2.45, 2.75) is 13.8 Å². The molecule has 0 amide bonds. The third-order valence-electron chi connectivity index (χ3n) is 3.38. The molecular formula is C16H18N2O. The Morgan fingerprint density at radius 2 is 1.05 bits per heavy atom. The van der Waals surface area contributed by atoms with Crippen molar-refractivity contribution in [1.29, 1.82) is 0 Å². The second-order valence-corrected chi connectivity index (χ2v) is 4.93. The first-order valence-corrected chi connectivity index (χ1v) is 6.50. The maximum atomic E-state index is 5.59. The summed E-state index contributed by atoms with van der Waals surface area (Å²) in [6.07, 6.45) is 0. The van der Waals surface area contributed by atoms with E-state index in [9.17, 15) is 0 Å². The van der Waals surface area contributed by atoms with E-state index in [1.807, 2.05) is 0 Å². The van der Waals surface area contributed by atoms with Gasteiger partial charge in [-0.05, 0) is 38.1 Å².